The van der Waals surface area contributed by atoms with Gasteiger partial charge in [0.05, 0.1) is 6.92 Å². The van der Waals surface area contributed by atoms with Crippen molar-refractivity contribution in [1.82, 2.24) is 0 Å². The summed E-state index contributed by atoms with van der Waals surface area (Å²) in [5.41, 5.74) is 0.616. The summed E-state index contributed by atoms with van der Waals surface area (Å²) in [6.07, 6.45) is 0. The third-order valence-corrected chi connectivity index (χ3v) is 0.265. The Balaban J connectivity index is 3.50. The van der Waals surface area contributed by atoms with E-state index in [1.165, 1.54) is 0 Å². The molecule has 0 heterocycles. The Labute approximate surface area is 38.9 Å². The van der Waals surface area contributed by atoms with Crippen LogP contribution in [0, 0.1) is 25.7 Å². The molecule has 0 heteroatoms. The average molecular weight is 78.1 g/mol. The minimum absolute atomic E-state index is 0.616. The summed E-state index contributed by atoms with van der Waals surface area (Å²) in [7, 11) is 0. The second-order valence-electron chi connectivity index (χ2n) is 0.905. The van der Waals surface area contributed by atoms with Crippen molar-refractivity contribution in [3.63, 3.8) is 0 Å². The second kappa shape index (κ2) is 2.29. The summed E-state index contributed by atoms with van der Waals surface area (Å²) in [5, 5.41) is 0. The lowest BCUT2D eigenvalue weighted by Crippen LogP contribution is -1.56. The van der Waals surface area contributed by atoms with Crippen LogP contribution in [-0.2, 0) is 0 Å². The molecule has 0 aromatic rings. The van der Waals surface area contributed by atoms with Gasteiger partial charge in [0.15, 0.2) is 0 Å². The van der Waals surface area contributed by atoms with Crippen molar-refractivity contribution in [2.24, 2.45) is 0 Å². The summed E-state index contributed by atoms with van der Waals surface area (Å²) < 4.78 is 0. The fraction of sp³-hybridized carbons (Fsp3) is 0. The summed E-state index contributed by atoms with van der Waals surface area (Å²) >= 11 is 0. The monoisotopic (exact) mass is 78.0 g/mol. The molecule has 0 fully saturated rings. The molecule has 0 aromatic carbocycles. The minimum atomic E-state index is 0.616. The normalized spacial score (nSPS) is 5.33. The van der Waals surface area contributed by atoms with E-state index < -0.39 is 0 Å². The molecule has 0 radical (unpaired) electrons. The Morgan fingerprint density at radius 2 is 2.33 bits per heavy atom. The molecule has 0 amide bonds. The molecule has 0 saturated carbocycles. The van der Waals surface area contributed by atoms with Crippen molar-refractivity contribution in [2.45, 2.75) is 0 Å². The first-order chi connectivity index (χ1) is 2.77. The van der Waals surface area contributed by atoms with Crippen LogP contribution in [0.5, 0.6) is 0 Å². The Morgan fingerprint density at radius 1 is 1.83 bits per heavy atom. The van der Waals surface area contributed by atoms with E-state index in [-0.39, 0.29) is 0 Å². The molecule has 0 aliphatic rings. The molecule has 0 nitrogen and oxygen atoms in total. The predicted molar refractivity (Wildman–Crippen MR) is 27.6 cm³/mol. The Bertz CT molecular complexity index is 98.9. The fourth-order valence-corrected chi connectivity index (χ4v) is 0.125. The molecule has 0 unspecified atom stereocenters. The molecule has 0 atom stereocenters. The van der Waals surface area contributed by atoms with Gasteiger partial charge in [0.2, 0.25) is 0 Å². The third-order valence-electron chi connectivity index (χ3n) is 0.265. The molecule has 0 rings (SSSR count). The average Bonchev–Trinajstić information content (AvgIpc) is 1.35. The van der Waals surface area contributed by atoms with Crippen LogP contribution < -0.4 is 0 Å². The van der Waals surface area contributed by atoms with E-state index >= 15 is 0 Å². The van der Waals surface area contributed by atoms with Crippen molar-refractivity contribution in [2.75, 3.05) is 0 Å². The second-order valence-corrected chi connectivity index (χ2v) is 0.905. The summed E-state index contributed by atoms with van der Waals surface area (Å²) in [5.74, 6) is 4.95. The molecular formula is C6H6. The van der Waals surface area contributed by atoms with Crippen LogP contribution in [0.25, 0.3) is 0 Å². The van der Waals surface area contributed by atoms with E-state index in [2.05, 4.69) is 32.3 Å². The summed E-state index contributed by atoms with van der Waals surface area (Å²) in [6, 6.07) is 0. The molecule has 0 aromatic heterocycles. The molecule has 0 spiro atoms. The first-order valence-corrected chi connectivity index (χ1v) is 1.56. The fourth-order valence-electron chi connectivity index (χ4n) is 0.125. The van der Waals surface area contributed by atoms with Crippen LogP contribution in [0.2, 0.25) is 0 Å². The van der Waals surface area contributed by atoms with Crippen LogP contribution in [0.1, 0.15) is 0 Å². The number of rotatable bonds is 0. The van der Waals surface area contributed by atoms with E-state index in [9.17, 15) is 0 Å². The van der Waals surface area contributed by atoms with Gasteiger partial charge in [-0.1, -0.05) is 0 Å². The molecule has 30 valence electrons. The maximum absolute atomic E-state index is 3.42. The highest BCUT2D eigenvalue weighted by Crippen LogP contribution is 1.75. The highest BCUT2D eigenvalue weighted by atomic mass is 13.7. The van der Waals surface area contributed by atoms with Crippen molar-refractivity contribution in [3.8, 4) is 11.8 Å². The summed E-state index contributed by atoms with van der Waals surface area (Å²) in [6.45, 7) is 10.1. The van der Waals surface area contributed by atoms with Gasteiger partial charge in [-0.2, -0.15) is 13.5 Å². The lowest BCUT2D eigenvalue weighted by Gasteiger charge is -1.65. The number of allylic oxidation sites excluding steroid dienone is 1. The van der Waals surface area contributed by atoms with Crippen LogP contribution in [-0.4, -0.2) is 0 Å². The Morgan fingerprint density at radius 3 is 2.33 bits per heavy atom. The SMILES string of the molecule is C=C([CH2-])C#C[CH2+]. The van der Waals surface area contributed by atoms with Crippen molar-refractivity contribution in [1.29, 1.82) is 0 Å². The first kappa shape index (κ1) is 5.04. The standard InChI is InChI=1S/C6H6/c1-4-5-6(2)3/h1-3H2. The lowest BCUT2D eigenvalue weighted by atomic mass is 10.4. The lowest BCUT2D eigenvalue weighted by molar-refractivity contribution is 1.89. The minimum Gasteiger partial charge on any atom is -0.157 e. The first-order valence-electron chi connectivity index (χ1n) is 1.56. The topological polar surface area (TPSA) is 0 Å². The summed E-state index contributed by atoms with van der Waals surface area (Å²) in [4.78, 5) is 0. The number of hydrogen-bond acceptors (Lipinski definition) is 0. The predicted octanol–water partition coefficient (Wildman–Crippen LogP) is 1.21. The highest BCUT2D eigenvalue weighted by molar-refractivity contribution is 5.28. The molecule has 0 N–H and O–H groups in total. The van der Waals surface area contributed by atoms with Crippen molar-refractivity contribution >= 4 is 0 Å². The van der Waals surface area contributed by atoms with Gasteiger partial charge in [0.25, 0.3) is 0 Å². The quantitative estimate of drug-likeness (QED) is 0.302. The number of hydrogen-bond donors (Lipinski definition) is 0. The van der Waals surface area contributed by atoms with Gasteiger partial charge < -0.3 is 0 Å². The molecular weight excluding hydrogens is 72.1 g/mol. The van der Waals surface area contributed by atoms with Gasteiger partial charge in [0.1, 0.15) is 11.8 Å². The van der Waals surface area contributed by atoms with Gasteiger partial charge in [-0.05, 0) is 0 Å². The van der Waals surface area contributed by atoms with Gasteiger partial charge in [0, 0.05) is 5.57 Å². The van der Waals surface area contributed by atoms with E-state index in [0.717, 1.165) is 0 Å². The van der Waals surface area contributed by atoms with Gasteiger partial charge in [-0.25, -0.2) is 0 Å². The van der Waals surface area contributed by atoms with Gasteiger partial charge >= 0.3 is 0 Å². The van der Waals surface area contributed by atoms with Crippen LogP contribution >= 0.6 is 0 Å². The zero-order valence-corrected chi connectivity index (χ0v) is 3.62. The molecule has 0 aliphatic carbocycles. The van der Waals surface area contributed by atoms with E-state index in [1.54, 1.807) is 0 Å². The largest absolute Gasteiger partial charge is 0.157 e. The molecule has 6 heavy (non-hydrogen) atoms. The van der Waals surface area contributed by atoms with Crippen molar-refractivity contribution < 1.29 is 0 Å². The zero-order chi connectivity index (χ0) is 4.99. The molecule has 0 saturated heterocycles. The van der Waals surface area contributed by atoms with Crippen molar-refractivity contribution in [3.05, 3.63) is 26.0 Å². The highest BCUT2D eigenvalue weighted by Gasteiger charge is 1.68. The van der Waals surface area contributed by atoms with E-state index in [1.807, 2.05) is 0 Å². The van der Waals surface area contributed by atoms with Crippen LogP contribution in [0.3, 0.4) is 0 Å². The third kappa shape index (κ3) is 3.04. The van der Waals surface area contributed by atoms with E-state index in [0.29, 0.717) is 5.57 Å². The van der Waals surface area contributed by atoms with Gasteiger partial charge in [-0.3, -0.25) is 0 Å². The maximum atomic E-state index is 3.42. The Kier molecular flexibility index (Phi) is 1.92. The molecule has 0 aliphatic heterocycles. The zero-order valence-electron chi connectivity index (χ0n) is 3.62. The van der Waals surface area contributed by atoms with Crippen LogP contribution in [0.4, 0.5) is 0 Å². The maximum Gasteiger partial charge on any atom is 0.139 e. The van der Waals surface area contributed by atoms with E-state index in [4.69, 9.17) is 0 Å². The molecule has 0 bridgehead atoms. The van der Waals surface area contributed by atoms with Crippen LogP contribution in [0.15, 0.2) is 12.2 Å². The van der Waals surface area contributed by atoms with Gasteiger partial charge in [-0.15, -0.1) is 0 Å². The smallest absolute Gasteiger partial charge is 0.139 e. The Hall–Kier alpha value is -0.960.